The monoisotopic (exact) mass is 415 g/mol. The van der Waals surface area contributed by atoms with Gasteiger partial charge in [0.2, 0.25) is 21.7 Å². The summed E-state index contributed by atoms with van der Waals surface area (Å²) in [5.41, 5.74) is 1.60. The summed E-state index contributed by atoms with van der Waals surface area (Å²) < 4.78 is 46.6. The van der Waals surface area contributed by atoms with Gasteiger partial charge in [0.25, 0.3) is 0 Å². The Morgan fingerprint density at radius 2 is 2.00 bits per heavy atom. The van der Waals surface area contributed by atoms with Gasteiger partial charge in [-0.05, 0) is 49.1 Å². The number of aryl methyl sites for hydroxylation is 1. The number of hydrogen-bond donors (Lipinski definition) is 0. The molecule has 0 bridgehead atoms. The summed E-state index contributed by atoms with van der Waals surface area (Å²) in [6.07, 6.45) is 3.22. The quantitative estimate of drug-likeness (QED) is 0.598. The van der Waals surface area contributed by atoms with Crippen LogP contribution in [0.2, 0.25) is 0 Å². The second-order valence-corrected chi connectivity index (χ2v) is 9.02. The Hall–Kier alpha value is -2.58. The molecule has 1 saturated heterocycles. The highest BCUT2D eigenvalue weighted by Gasteiger charge is 2.39. The third-order valence-electron chi connectivity index (χ3n) is 5.08. The van der Waals surface area contributed by atoms with E-state index in [9.17, 15) is 12.8 Å². The normalized spacial score (nSPS) is 17.7. The molecular weight excluding hydrogens is 393 g/mol. The first-order valence-corrected chi connectivity index (χ1v) is 11.1. The molecule has 0 radical (unpaired) electrons. The maximum Gasteiger partial charge on any atom is 0.245 e. The van der Waals surface area contributed by atoms with Gasteiger partial charge in [0.05, 0.1) is 4.90 Å². The van der Waals surface area contributed by atoms with Crippen LogP contribution in [0.15, 0.2) is 57.9 Å². The van der Waals surface area contributed by atoms with Gasteiger partial charge >= 0.3 is 0 Å². The summed E-state index contributed by atoms with van der Waals surface area (Å²) >= 11 is 0. The fraction of sp³-hybridized carbons (Fsp3) is 0.333. The first kappa shape index (κ1) is 19.7. The first-order valence-electron chi connectivity index (χ1n) is 9.69. The van der Waals surface area contributed by atoms with Crippen molar-refractivity contribution in [3.8, 4) is 11.4 Å². The van der Waals surface area contributed by atoms with E-state index >= 15 is 0 Å². The Labute approximate surface area is 169 Å². The van der Waals surface area contributed by atoms with Crippen molar-refractivity contribution < 1.29 is 17.3 Å². The van der Waals surface area contributed by atoms with Gasteiger partial charge < -0.3 is 4.52 Å². The largest absolute Gasteiger partial charge is 0.337 e. The third kappa shape index (κ3) is 3.95. The van der Waals surface area contributed by atoms with Crippen molar-refractivity contribution in [1.82, 2.24) is 14.4 Å². The maximum absolute atomic E-state index is 13.5. The van der Waals surface area contributed by atoms with Crippen molar-refractivity contribution in [3.63, 3.8) is 0 Å². The van der Waals surface area contributed by atoms with E-state index in [4.69, 9.17) is 4.52 Å². The molecule has 1 atom stereocenters. The van der Waals surface area contributed by atoms with Crippen LogP contribution < -0.4 is 0 Å². The Morgan fingerprint density at radius 1 is 1.21 bits per heavy atom. The number of rotatable bonds is 6. The summed E-state index contributed by atoms with van der Waals surface area (Å²) in [6, 6.07) is 12.4. The molecule has 0 saturated carbocycles. The van der Waals surface area contributed by atoms with Crippen molar-refractivity contribution >= 4 is 10.0 Å². The average molecular weight is 415 g/mol. The van der Waals surface area contributed by atoms with Gasteiger partial charge in [-0.2, -0.15) is 9.29 Å². The standard InChI is InChI=1S/C21H22FN3O3S/c1-2-5-15-9-11-18(12-10-15)29(26,27)25-13-4-8-19(25)21-23-20(24-28-21)16-6-3-7-17(22)14-16/h3,6-7,9-12,14,19H,2,4-5,8,13H2,1H3/t19-/m1/s1. The van der Waals surface area contributed by atoms with Crippen molar-refractivity contribution in [2.75, 3.05) is 6.54 Å². The molecule has 152 valence electrons. The second-order valence-electron chi connectivity index (χ2n) is 7.13. The molecule has 0 amide bonds. The Kier molecular flexibility index (Phi) is 5.47. The number of halogens is 1. The van der Waals surface area contributed by atoms with E-state index in [1.807, 2.05) is 12.1 Å². The number of sulfonamides is 1. The minimum absolute atomic E-state index is 0.230. The third-order valence-corrected chi connectivity index (χ3v) is 7.00. The van der Waals surface area contributed by atoms with Crippen molar-refractivity contribution in [2.24, 2.45) is 0 Å². The number of hydrogen-bond acceptors (Lipinski definition) is 5. The molecule has 29 heavy (non-hydrogen) atoms. The molecule has 1 aliphatic heterocycles. The van der Waals surface area contributed by atoms with Crippen LogP contribution >= 0.6 is 0 Å². The zero-order valence-electron chi connectivity index (χ0n) is 16.1. The smallest absolute Gasteiger partial charge is 0.245 e. The van der Waals surface area contributed by atoms with Crippen LogP contribution in [0.5, 0.6) is 0 Å². The van der Waals surface area contributed by atoms with Gasteiger partial charge in [-0.15, -0.1) is 0 Å². The molecule has 4 rings (SSSR count). The summed E-state index contributed by atoms with van der Waals surface area (Å²) in [5.74, 6) is 0.0750. The van der Waals surface area contributed by atoms with E-state index < -0.39 is 21.9 Å². The molecule has 0 N–H and O–H groups in total. The molecule has 2 aromatic carbocycles. The van der Waals surface area contributed by atoms with Crippen LogP contribution in [-0.4, -0.2) is 29.4 Å². The second kappa shape index (κ2) is 8.04. The van der Waals surface area contributed by atoms with Gasteiger partial charge in [-0.1, -0.05) is 42.8 Å². The predicted octanol–water partition coefficient (Wildman–Crippen LogP) is 4.35. The van der Waals surface area contributed by atoms with Gasteiger partial charge in [0.15, 0.2) is 0 Å². The van der Waals surface area contributed by atoms with Crippen molar-refractivity contribution in [1.29, 1.82) is 0 Å². The molecule has 1 aromatic heterocycles. The lowest BCUT2D eigenvalue weighted by molar-refractivity contribution is 0.290. The molecule has 1 aliphatic rings. The molecule has 0 unspecified atom stereocenters. The van der Waals surface area contributed by atoms with E-state index in [0.717, 1.165) is 18.4 Å². The highest BCUT2D eigenvalue weighted by atomic mass is 32.2. The summed E-state index contributed by atoms with van der Waals surface area (Å²) in [5, 5.41) is 3.92. The zero-order chi connectivity index (χ0) is 20.4. The molecule has 2 heterocycles. The van der Waals surface area contributed by atoms with E-state index in [1.54, 1.807) is 24.3 Å². The SMILES string of the molecule is CCCc1ccc(S(=O)(=O)N2CCC[C@@H]2c2nc(-c3cccc(F)c3)no2)cc1. The summed E-state index contributed by atoms with van der Waals surface area (Å²) in [7, 11) is -3.68. The average Bonchev–Trinajstić information content (AvgIpc) is 3.38. The molecule has 0 spiro atoms. The maximum atomic E-state index is 13.5. The molecule has 6 nitrogen and oxygen atoms in total. The fourth-order valence-electron chi connectivity index (χ4n) is 3.64. The predicted molar refractivity (Wildman–Crippen MR) is 106 cm³/mol. The summed E-state index contributed by atoms with van der Waals surface area (Å²) in [4.78, 5) is 4.61. The van der Waals surface area contributed by atoms with E-state index in [2.05, 4.69) is 17.1 Å². The molecule has 8 heteroatoms. The van der Waals surface area contributed by atoms with Crippen LogP contribution in [0.1, 0.15) is 43.7 Å². The van der Waals surface area contributed by atoms with Gasteiger partial charge in [-0.25, -0.2) is 12.8 Å². The van der Waals surface area contributed by atoms with Crippen molar-refractivity contribution in [3.05, 3.63) is 65.8 Å². The lowest BCUT2D eigenvalue weighted by atomic mass is 10.1. The Morgan fingerprint density at radius 3 is 2.72 bits per heavy atom. The lowest BCUT2D eigenvalue weighted by Crippen LogP contribution is -2.30. The van der Waals surface area contributed by atoms with Crippen LogP contribution in [0.25, 0.3) is 11.4 Å². The van der Waals surface area contributed by atoms with Crippen LogP contribution in [0.3, 0.4) is 0 Å². The Balaban J connectivity index is 1.60. The van der Waals surface area contributed by atoms with Gasteiger partial charge in [0, 0.05) is 12.1 Å². The van der Waals surface area contributed by atoms with E-state index in [1.165, 1.54) is 16.4 Å². The molecule has 0 aliphatic carbocycles. The topological polar surface area (TPSA) is 76.3 Å². The molecule has 1 fully saturated rings. The summed E-state index contributed by atoms with van der Waals surface area (Å²) in [6.45, 7) is 2.48. The fourth-order valence-corrected chi connectivity index (χ4v) is 5.29. The van der Waals surface area contributed by atoms with Crippen molar-refractivity contribution in [2.45, 2.75) is 43.5 Å². The van der Waals surface area contributed by atoms with E-state index in [-0.39, 0.29) is 16.6 Å². The number of nitrogens with zero attached hydrogens (tertiary/aromatic N) is 3. The van der Waals surface area contributed by atoms with Crippen LogP contribution in [-0.2, 0) is 16.4 Å². The molecular formula is C21H22FN3O3S. The lowest BCUT2D eigenvalue weighted by Gasteiger charge is -2.21. The number of aromatic nitrogens is 2. The Bertz CT molecular complexity index is 1100. The number of benzene rings is 2. The minimum Gasteiger partial charge on any atom is -0.337 e. The van der Waals surface area contributed by atoms with Gasteiger partial charge in [-0.3, -0.25) is 0 Å². The zero-order valence-corrected chi connectivity index (χ0v) is 16.9. The van der Waals surface area contributed by atoms with Gasteiger partial charge in [0.1, 0.15) is 11.9 Å². The highest BCUT2D eigenvalue weighted by Crippen LogP contribution is 2.36. The van der Waals surface area contributed by atoms with Crippen LogP contribution in [0.4, 0.5) is 4.39 Å². The van der Waals surface area contributed by atoms with Crippen LogP contribution in [0, 0.1) is 5.82 Å². The minimum atomic E-state index is -3.68. The molecule has 3 aromatic rings. The highest BCUT2D eigenvalue weighted by molar-refractivity contribution is 7.89. The van der Waals surface area contributed by atoms with E-state index in [0.29, 0.717) is 24.9 Å². The first-order chi connectivity index (χ1) is 14.0.